The molecule has 26 heavy (non-hydrogen) atoms. The number of hydrogen-bond donors (Lipinski definition) is 1. The van der Waals surface area contributed by atoms with Gasteiger partial charge in [-0.05, 0) is 20.8 Å². The molecule has 0 aromatic rings. The SMILES string of the molecule is COC1C(=O)N2C(C(=O)NCC(=O)OC(C)(C)C)=C(OC(C)=O)CSC12. The van der Waals surface area contributed by atoms with Crippen LogP contribution in [0.15, 0.2) is 11.5 Å². The molecule has 0 saturated carbocycles. The third kappa shape index (κ3) is 4.36. The molecule has 9 nitrogen and oxygen atoms in total. The molecular weight excluding hydrogens is 364 g/mol. The van der Waals surface area contributed by atoms with Gasteiger partial charge in [0, 0.05) is 14.0 Å². The van der Waals surface area contributed by atoms with E-state index in [2.05, 4.69) is 5.32 Å². The van der Waals surface area contributed by atoms with E-state index in [0.717, 1.165) is 0 Å². The number of esters is 2. The average molecular weight is 386 g/mol. The molecule has 10 heteroatoms. The molecule has 1 saturated heterocycles. The van der Waals surface area contributed by atoms with Crippen molar-refractivity contribution in [1.29, 1.82) is 0 Å². The fraction of sp³-hybridized carbons (Fsp3) is 0.625. The minimum Gasteiger partial charge on any atom is -0.459 e. The Morgan fingerprint density at radius 3 is 2.50 bits per heavy atom. The second kappa shape index (κ2) is 7.67. The molecule has 2 amide bonds. The average Bonchev–Trinajstić information content (AvgIpc) is 2.50. The van der Waals surface area contributed by atoms with Crippen LogP contribution in [0.1, 0.15) is 27.7 Å². The number of nitrogens with one attached hydrogen (secondary N) is 1. The van der Waals surface area contributed by atoms with E-state index in [0.29, 0.717) is 0 Å². The monoisotopic (exact) mass is 386 g/mol. The van der Waals surface area contributed by atoms with E-state index >= 15 is 0 Å². The number of hydrogen-bond acceptors (Lipinski definition) is 8. The fourth-order valence-electron chi connectivity index (χ4n) is 2.52. The molecule has 2 rings (SSSR count). The van der Waals surface area contributed by atoms with Gasteiger partial charge >= 0.3 is 11.9 Å². The minimum atomic E-state index is -0.694. The summed E-state index contributed by atoms with van der Waals surface area (Å²) in [5, 5.41) is 2.03. The lowest BCUT2D eigenvalue weighted by atomic mass is 10.1. The third-order valence-electron chi connectivity index (χ3n) is 3.43. The Kier molecular flexibility index (Phi) is 5.97. The van der Waals surface area contributed by atoms with Crippen molar-refractivity contribution in [3.8, 4) is 0 Å². The van der Waals surface area contributed by atoms with Crippen LogP contribution in [0.25, 0.3) is 0 Å². The van der Waals surface area contributed by atoms with Crippen LogP contribution in [0.2, 0.25) is 0 Å². The highest BCUT2D eigenvalue weighted by Gasteiger charge is 2.54. The Balaban J connectivity index is 2.16. The molecule has 2 aliphatic heterocycles. The molecule has 0 aliphatic carbocycles. The molecular formula is C16H22N2O7S. The van der Waals surface area contributed by atoms with Crippen molar-refractivity contribution in [2.24, 2.45) is 0 Å². The van der Waals surface area contributed by atoms with Gasteiger partial charge in [0.25, 0.3) is 11.8 Å². The van der Waals surface area contributed by atoms with Crippen LogP contribution in [-0.2, 0) is 33.4 Å². The van der Waals surface area contributed by atoms with Gasteiger partial charge in [0.2, 0.25) is 0 Å². The van der Waals surface area contributed by atoms with Crippen molar-refractivity contribution in [3.05, 3.63) is 11.5 Å². The maximum absolute atomic E-state index is 12.6. The Labute approximate surface area is 155 Å². The number of fused-ring (bicyclic) bond motifs is 1. The number of nitrogens with zero attached hydrogens (tertiary/aromatic N) is 1. The normalized spacial score (nSPS) is 22.3. The van der Waals surface area contributed by atoms with E-state index in [1.54, 1.807) is 20.8 Å². The fourth-order valence-corrected chi connectivity index (χ4v) is 3.80. The van der Waals surface area contributed by atoms with Crippen LogP contribution < -0.4 is 5.32 Å². The van der Waals surface area contributed by atoms with Crippen molar-refractivity contribution in [1.82, 2.24) is 10.2 Å². The van der Waals surface area contributed by atoms with Crippen LogP contribution in [0, 0.1) is 0 Å². The van der Waals surface area contributed by atoms with Crippen LogP contribution in [0.3, 0.4) is 0 Å². The number of carbonyl (C=O) groups is 4. The number of rotatable bonds is 5. The van der Waals surface area contributed by atoms with E-state index in [9.17, 15) is 19.2 Å². The number of amides is 2. The summed E-state index contributed by atoms with van der Waals surface area (Å²) < 4.78 is 15.3. The van der Waals surface area contributed by atoms with Gasteiger partial charge < -0.3 is 19.5 Å². The largest absolute Gasteiger partial charge is 0.459 e. The highest BCUT2D eigenvalue weighted by atomic mass is 32.2. The second-order valence-electron chi connectivity index (χ2n) is 6.70. The predicted octanol–water partition coefficient (Wildman–Crippen LogP) is 0.149. The first-order valence-corrected chi connectivity index (χ1v) is 8.99. The van der Waals surface area contributed by atoms with Crippen molar-refractivity contribution in [2.75, 3.05) is 19.4 Å². The topological polar surface area (TPSA) is 111 Å². The summed E-state index contributed by atoms with van der Waals surface area (Å²) >= 11 is 1.33. The van der Waals surface area contributed by atoms with Crippen LogP contribution in [0.5, 0.6) is 0 Å². The van der Waals surface area contributed by atoms with Gasteiger partial charge in [0.15, 0.2) is 11.8 Å². The van der Waals surface area contributed by atoms with Gasteiger partial charge in [-0.15, -0.1) is 11.8 Å². The molecule has 144 valence electrons. The number of β-lactam (4-membered cyclic amide) rings is 1. The summed E-state index contributed by atoms with van der Waals surface area (Å²) in [6, 6.07) is 0. The maximum Gasteiger partial charge on any atom is 0.325 e. The Bertz CT molecular complexity index is 668. The van der Waals surface area contributed by atoms with E-state index in [-0.39, 0.29) is 29.1 Å². The third-order valence-corrected chi connectivity index (χ3v) is 4.66. The lowest BCUT2D eigenvalue weighted by Crippen LogP contribution is -2.66. The smallest absolute Gasteiger partial charge is 0.325 e. The molecule has 0 spiro atoms. The van der Waals surface area contributed by atoms with Gasteiger partial charge in [-0.1, -0.05) is 0 Å². The first-order chi connectivity index (χ1) is 12.0. The van der Waals surface area contributed by atoms with Crippen molar-refractivity contribution >= 4 is 35.5 Å². The molecule has 2 unspecified atom stereocenters. The summed E-state index contributed by atoms with van der Waals surface area (Å²) in [5.41, 5.74) is -0.763. The minimum absolute atomic E-state index is 0.0725. The molecule has 0 aromatic carbocycles. The zero-order chi connectivity index (χ0) is 19.6. The molecule has 2 aliphatic rings. The molecule has 0 bridgehead atoms. The molecule has 1 N–H and O–H groups in total. The van der Waals surface area contributed by atoms with E-state index < -0.39 is 35.5 Å². The van der Waals surface area contributed by atoms with Gasteiger partial charge in [0.1, 0.15) is 23.3 Å². The van der Waals surface area contributed by atoms with Gasteiger partial charge in [0.05, 0.1) is 5.75 Å². The van der Waals surface area contributed by atoms with Crippen LogP contribution in [0.4, 0.5) is 0 Å². The van der Waals surface area contributed by atoms with Crippen molar-refractivity contribution in [2.45, 2.75) is 44.8 Å². The van der Waals surface area contributed by atoms with Crippen molar-refractivity contribution in [3.63, 3.8) is 0 Å². The maximum atomic E-state index is 12.6. The van der Waals surface area contributed by atoms with Crippen LogP contribution in [-0.4, -0.2) is 65.1 Å². The lowest BCUT2D eigenvalue weighted by Gasteiger charge is -2.48. The molecule has 1 fully saturated rings. The zero-order valence-electron chi connectivity index (χ0n) is 15.3. The quantitative estimate of drug-likeness (QED) is 0.525. The van der Waals surface area contributed by atoms with E-state index in [4.69, 9.17) is 14.2 Å². The number of thioether (sulfide) groups is 1. The molecule has 0 aromatic heterocycles. The summed E-state index contributed by atoms with van der Waals surface area (Å²) in [6.07, 6.45) is -0.660. The van der Waals surface area contributed by atoms with Crippen LogP contribution >= 0.6 is 11.8 Å². The molecule has 2 atom stereocenters. The van der Waals surface area contributed by atoms with Gasteiger partial charge in [-0.3, -0.25) is 24.1 Å². The first-order valence-electron chi connectivity index (χ1n) is 7.94. The second-order valence-corrected chi connectivity index (χ2v) is 7.81. The molecule has 0 radical (unpaired) electrons. The number of carbonyl (C=O) groups excluding carboxylic acids is 4. The zero-order valence-corrected chi connectivity index (χ0v) is 16.1. The summed E-state index contributed by atoms with van der Waals surface area (Å²) in [7, 11) is 1.41. The van der Waals surface area contributed by atoms with Crippen molar-refractivity contribution < 1.29 is 33.4 Å². The number of methoxy groups -OCH3 is 1. The summed E-state index contributed by atoms with van der Waals surface area (Å²) in [4.78, 5) is 49.1. The summed E-state index contributed by atoms with van der Waals surface area (Å²) in [6.45, 7) is 5.96. The lowest BCUT2D eigenvalue weighted by molar-refractivity contribution is -0.161. The molecule has 2 heterocycles. The van der Waals surface area contributed by atoms with E-state index in [1.165, 1.54) is 30.7 Å². The Morgan fingerprint density at radius 1 is 1.31 bits per heavy atom. The standard InChI is InChI=1S/C16H22N2O7S/c1-8(19)24-9-7-26-15-12(23-5)14(22)18(15)11(9)13(21)17-6-10(20)25-16(2,3)4/h12,15H,6-7H2,1-5H3,(H,17,21). The van der Waals surface area contributed by atoms with Gasteiger partial charge in [-0.2, -0.15) is 0 Å². The summed E-state index contributed by atoms with van der Waals surface area (Å²) in [5.74, 6) is -2.02. The first kappa shape index (κ1) is 20.2. The predicted molar refractivity (Wildman–Crippen MR) is 91.5 cm³/mol. The van der Waals surface area contributed by atoms with Gasteiger partial charge in [-0.25, -0.2) is 0 Å². The number of ether oxygens (including phenoxy) is 3. The van der Waals surface area contributed by atoms with E-state index in [1.807, 2.05) is 0 Å². The Hall–Kier alpha value is -2.07. The Morgan fingerprint density at radius 2 is 1.96 bits per heavy atom. The highest BCUT2D eigenvalue weighted by molar-refractivity contribution is 8.00. The highest BCUT2D eigenvalue weighted by Crippen LogP contribution is 2.41.